The Morgan fingerprint density at radius 2 is 1.62 bits per heavy atom. The minimum Gasteiger partial charge on any atom is -0.466 e. The number of para-hydroxylation sites is 1. The molecule has 3 aliphatic carbocycles. The number of carbonyl (C=O) groups is 2. The van der Waals surface area contributed by atoms with E-state index in [1.165, 1.54) is 14.2 Å². The molecule has 26 heavy (non-hydrogen) atoms. The maximum absolute atomic E-state index is 12.6. The molecular formula is C19H21N3O4. The molecule has 0 N–H and O–H groups in total. The van der Waals surface area contributed by atoms with E-state index in [1.54, 1.807) is 0 Å². The van der Waals surface area contributed by atoms with Gasteiger partial charge in [0.2, 0.25) is 0 Å². The van der Waals surface area contributed by atoms with Crippen molar-refractivity contribution in [3.05, 3.63) is 41.5 Å². The quantitative estimate of drug-likeness (QED) is 0.779. The summed E-state index contributed by atoms with van der Waals surface area (Å²) in [7, 11) is 2.69. The van der Waals surface area contributed by atoms with Gasteiger partial charge in [0.1, 0.15) is 6.04 Å². The molecule has 2 bridgehead atoms. The van der Waals surface area contributed by atoms with E-state index in [-0.39, 0.29) is 23.9 Å². The lowest BCUT2D eigenvalue weighted by molar-refractivity contribution is -0.140. The van der Waals surface area contributed by atoms with Gasteiger partial charge in [-0.15, -0.1) is 0 Å². The van der Waals surface area contributed by atoms with Crippen LogP contribution in [0.2, 0.25) is 0 Å². The zero-order chi connectivity index (χ0) is 18.3. The fraction of sp³-hybridized carbons (Fsp3) is 0.474. The zero-order valence-electron chi connectivity index (χ0n) is 14.8. The Kier molecular flexibility index (Phi) is 4.22. The second-order valence-corrected chi connectivity index (χ2v) is 6.82. The van der Waals surface area contributed by atoms with Crippen molar-refractivity contribution in [1.29, 1.82) is 0 Å². The number of hydrogen-bond acceptors (Lipinski definition) is 7. The predicted octanol–water partition coefficient (Wildman–Crippen LogP) is 2.68. The fourth-order valence-corrected chi connectivity index (χ4v) is 4.59. The topological polar surface area (TPSA) is 80.6 Å². The third kappa shape index (κ3) is 2.41. The van der Waals surface area contributed by atoms with Gasteiger partial charge >= 0.3 is 11.9 Å². The molecule has 1 aromatic rings. The van der Waals surface area contributed by atoms with Gasteiger partial charge in [-0.05, 0) is 25.0 Å². The molecule has 1 heterocycles. The molecule has 0 amide bonds. The molecule has 5 rings (SSSR count). The first kappa shape index (κ1) is 16.8. The van der Waals surface area contributed by atoms with Crippen molar-refractivity contribution in [2.45, 2.75) is 31.3 Å². The molecule has 4 aliphatic rings. The van der Waals surface area contributed by atoms with Gasteiger partial charge in [0.25, 0.3) is 0 Å². The number of fused-ring (bicyclic) bond motifs is 2. The minimum atomic E-state index is -0.464. The van der Waals surface area contributed by atoms with Gasteiger partial charge in [0.15, 0.2) is 0 Å². The second kappa shape index (κ2) is 6.55. The Balaban J connectivity index is 1.84. The first-order chi connectivity index (χ1) is 12.7. The number of benzene rings is 1. The highest BCUT2D eigenvalue weighted by atomic mass is 16.5. The van der Waals surface area contributed by atoms with E-state index >= 15 is 0 Å². The van der Waals surface area contributed by atoms with Crippen LogP contribution in [0.1, 0.15) is 19.3 Å². The molecule has 1 aromatic carbocycles. The third-order valence-electron chi connectivity index (χ3n) is 5.63. The number of hydrogen-bond donors (Lipinski definition) is 0. The van der Waals surface area contributed by atoms with Gasteiger partial charge in [-0.25, -0.2) is 14.6 Å². The smallest absolute Gasteiger partial charge is 0.334 e. The molecule has 7 nitrogen and oxygen atoms in total. The number of methoxy groups -OCH3 is 2. The SMILES string of the molecule is COC(=O)C1=C(C(=O)OC)[C@@H]2CCC[C@H]1[C@H]1N=NN(c3ccccc3)[C@H]12. The Labute approximate surface area is 151 Å². The van der Waals surface area contributed by atoms with E-state index in [1.807, 2.05) is 35.3 Å². The van der Waals surface area contributed by atoms with Gasteiger partial charge in [0.05, 0.1) is 37.1 Å². The summed E-state index contributed by atoms with van der Waals surface area (Å²) in [6.45, 7) is 0. The Morgan fingerprint density at radius 1 is 1.00 bits per heavy atom. The summed E-state index contributed by atoms with van der Waals surface area (Å²) in [6.07, 6.45) is 2.49. The van der Waals surface area contributed by atoms with Crippen LogP contribution in [0.4, 0.5) is 5.69 Å². The highest BCUT2D eigenvalue weighted by Crippen LogP contribution is 2.50. The van der Waals surface area contributed by atoms with Crippen LogP contribution in [0, 0.1) is 11.8 Å². The fourth-order valence-electron chi connectivity index (χ4n) is 4.59. The molecule has 4 atom stereocenters. The van der Waals surface area contributed by atoms with Crippen molar-refractivity contribution in [1.82, 2.24) is 0 Å². The molecule has 0 radical (unpaired) electrons. The van der Waals surface area contributed by atoms with Crippen LogP contribution in [0.25, 0.3) is 0 Å². The Bertz CT molecular complexity index is 789. The number of anilines is 1. The van der Waals surface area contributed by atoms with Crippen molar-refractivity contribution in [3.8, 4) is 0 Å². The lowest BCUT2D eigenvalue weighted by atomic mass is 9.71. The third-order valence-corrected chi connectivity index (χ3v) is 5.63. The molecular weight excluding hydrogens is 334 g/mol. The van der Waals surface area contributed by atoms with E-state index < -0.39 is 11.9 Å². The Morgan fingerprint density at radius 3 is 2.27 bits per heavy atom. The van der Waals surface area contributed by atoms with E-state index in [2.05, 4.69) is 10.3 Å². The monoisotopic (exact) mass is 355 g/mol. The van der Waals surface area contributed by atoms with Crippen LogP contribution in [-0.4, -0.2) is 38.2 Å². The largest absolute Gasteiger partial charge is 0.466 e. The zero-order valence-corrected chi connectivity index (χ0v) is 14.8. The molecule has 0 saturated heterocycles. The van der Waals surface area contributed by atoms with Crippen molar-refractivity contribution < 1.29 is 19.1 Å². The minimum absolute atomic E-state index is 0.0904. The maximum atomic E-state index is 12.6. The summed E-state index contributed by atoms with van der Waals surface area (Å²) in [5.41, 5.74) is 1.80. The van der Waals surface area contributed by atoms with E-state index in [9.17, 15) is 9.59 Å². The van der Waals surface area contributed by atoms with E-state index in [0.717, 1.165) is 24.9 Å². The van der Waals surface area contributed by atoms with Gasteiger partial charge in [-0.2, -0.15) is 5.11 Å². The lowest BCUT2D eigenvalue weighted by Crippen LogP contribution is -2.50. The molecule has 1 aliphatic heterocycles. The maximum Gasteiger partial charge on any atom is 0.334 e. The summed E-state index contributed by atoms with van der Waals surface area (Å²) >= 11 is 0. The van der Waals surface area contributed by atoms with Crippen molar-refractivity contribution >= 4 is 17.6 Å². The molecule has 0 spiro atoms. The molecule has 136 valence electrons. The normalized spacial score (nSPS) is 29.4. The van der Waals surface area contributed by atoms with Crippen LogP contribution in [0.15, 0.2) is 51.8 Å². The van der Waals surface area contributed by atoms with Crippen molar-refractivity contribution in [2.24, 2.45) is 22.2 Å². The van der Waals surface area contributed by atoms with E-state index in [4.69, 9.17) is 9.47 Å². The first-order valence-corrected chi connectivity index (χ1v) is 8.83. The first-order valence-electron chi connectivity index (χ1n) is 8.83. The molecule has 0 aromatic heterocycles. The summed E-state index contributed by atoms with van der Waals surface area (Å²) < 4.78 is 10.0. The van der Waals surface area contributed by atoms with Crippen molar-refractivity contribution in [3.63, 3.8) is 0 Å². The summed E-state index contributed by atoms with van der Waals surface area (Å²) in [4.78, 5) is 25.1. The van der Waals surface area contributed by atoms with Crippen LogP contribution >= 0.6 is 0 Å². The standard InChI is InChI=1S/C19H21N3O4/c1-25-18(23)14-12-9-6-10-13(15(14)19(24)26-2)17-16(12)20-21-22(17)11-7-4-3-5-8-11/h3-5,7-8,12-13,16-17H,6,9-10H2,1-2H3/t12-,13+,16-,17+/m1/s1. The number of ether oxygens (including phenoxy) is 2. The van der Waals surface area contributed by atoms with Gasteiger partial charge in [-0.1, -0.05) is 29.8 Å². The molecule has 7 heteroatoms. The van der Waals surface area contributed by atoms with Crippen LogP contribution in [0.5, 0.6) is 0 Å². The highest BCUT2D eigenvalue weighted by molar-refractivity contribution is 6.02. The van der Waals surface area contributed by atoms with Crippen LogP contribution < -0.4 is 5.01 Å². The van der Waals surface area contributed by atoms with Crippen LogP contribution in [0.3, 0.4) is 0 Å². The summed E-state index contributed by atoms with van der Waals surface area (Å²) in [5, 5.41) is 10.8. The van der Waals surface area contributed by atoms with Gasteiger partial charge in [0, 0.05) is 11.8 Å². The average molecular weight is 355 g/mol. The van der Waals surface area contributed by atoms with Crippen LogP contribution in [-0.2, 0) is 19.1 Å². The van der Waals surface area contributed by atoms with E-state index in [0.29, 0.717) is 11.1 Å². The van der Waals surface area contributed by atoms with Gasteiger partial charge in [-0.3, -0.25) is 0 Å². The predicted molar refractivity (Wildman–Crippen MR) is 93.2 cm³/mol. The second-order valence-electron chi connectivity index (χ2n) is 6.82. The number of carbonyl (C=O) groups excluding carboxylic acids is 2. The highest BCUT2D eigenvalue weighted by Gasteiger charge is 2.55. The average Bonchev–Trinajstić information content (AvgIpc) is 2.94. The summed E-state index contributed by atoms with van der Waals surface area (Å²) in [5.74, 6) is -1.27. The van der Waals surface area contributed by atoms with Gasteiger partial charge < -0.3 is 9.47 Å². The number of nitrogens with zero attached hydrogens (tertiary/aromatic N) is 3. The molecule has 1 saturated carbocycles. The number of rotatable bonds is 3. The summed E-state index contributed by atoms with van der Waals surface area (Å²) in [6, 6.07) is 9.54. The lowest BCUT2D eigenvalue weighted by Gasteiger charge is -2.38. The molecule has 0 unspecified atom stereocenters. The Hall–Kier alpha value is -2.70. The van der Waals surface area contributed by atoms with Crippen molar-refractivity contribution in [2.75, 3.05) is 19.2 Å². The molecule has 1 fully saturated rings. The number of esters is 2.